The summed E-state index contributed by atoms with van der Waals surface area (Å²) < 4.78 is 41.0. The highest BCUT2D eigenvalue weighted by atomic mass is 19.4. The molecule has 0 radical (unpaired) electrons. The van der Waals surface area contributed by atoms with Crippen LogP contribution in [0, 0.1) is 0 Å². The predicted molar refractivity (Wildman–Crippen MR) is 31.9 cm³/mol. The quantitative estimate of drug-likeness (QED) is 0.597. The molecule has 2 aliphatic heterocycles. The summed E-state index contributed by atoms with van der Waals surface area (Å²) in [6.45, 7) is -0.0843. The molecule has 0 saturated heterocycles. The van der Waals surface area contributed by atoms with Crippen LogP contribution in [0.15, 0.2) is 11.3 Å². The van der Waals surface area contributed by atoms with Crippen LogP contribution in [-0.2, 0) is 9.57 Å². The zero-order valence-electron chi connectivity index (χ0n) is 5.94. The van der Waals surface area contributed by atoms with Crippen LogP contribution in [0.1, 0.15) is 0 Å². The van der Waals surface area contributed by atoms with Crippen LogP contribution in [0.25, 0.3) is 0 Å². The first-order chi connectivity index (χ1) is 5.59. The van der Waals surface area contributed by atoms with Gasteiger partial charge in [-0.2, -0.15) is 13.2 Å². The lowest BCUT2D eigenvalue weighted by molar-refractivity contribution is -0.202. The van der Waals surface area contributed by atoms with Crippen molar-refractivity contribution in [1.29, 1.82) is 0 Å². The highest BCUT2D eigenvalue weighted by Gasteiger charge is 2.48. The van der Waals surface area contributed by atoms with Crippen LogP contribution in [0.4, 0.5) is 13.2 Å². The first-order valence-corrected chi connectivity index (χ1v) is 3.37. The first kappa shape index (κ1) is 7.88. The molecule has 1 N–H and O–H groups in total. The van der Waals surface area contributed by atoms with Crippen molar-refractivity contribution in [1.82, 2.24) is 5.48 Å². The number of ether oxygens (including phenoxy) is 1. The van der Waals surface area contributed by atoms with Crippen molar-refractivity contribution in [3.8, 4) is 0 Å². The van der Waals surface area contributed by atoms with Gasteiger partial charge in [0.2, 0.25) is 0 Å². The van der Waals surface area contributed by atoms with Gasteiger partial charge in [0.1, 0.15) is 6.61 Å². The van der Waals surface area contributed by atoms with Gasteiger partial charge in [0.25, 0.3) is 0 Å². The maximum atomic E-state index is 12.2. The summed E-state index contributed by atoms with van der Waals surface area (Å²) >= 11 is 0. The number of hydrogen-bond donors (Lipinski definition) is 1. The molecule has 3 nitrogen and oxygen atoms in total. The standard InChI is InChI=1S/C6H6F3NO2/c7-6(8,9)5-3-1-12-10-4(3)2-11-5/h5,10H,1-2H2/t5-/m0/s1. The van der Waals surface area contributed by atoms with E-state index >= 15 is 0 Å². The molecule has 2 rings (SSSR count). The van der Waals surface area contributed by atoms with Gasteiger partial charge in [-0.1, -0.05) is 0 Å². The Morgan fingerprint density at radius 2 is 2.08 bits per heavy atom. The Kier molecular flexibility index (Phi) is 1.55. The van der Waals surface area contributed by atoms with Crippen LogP contribution < -0.4 is 5.48 Å². The van der Waals surface area contributed by atoms with Crippen LogP contribution in [0.2, 0.25) is 0 Å². The second kappa shape index (κ2) is 2.37. The Bertz CT molecular complexity index is 235. The topological polar surface area (TPSA) is 30.5 Å². The third-order valence-electron chi connectivity index (χ3n) is 1.82. The number of nitrogens with one attached hydrogen (secondary N) is 1. The zero-order chi connectivity index (χ0) is 8.77. The summed E-state index contributed by atoms with van der Waals surface area (Å²) in [6, 6.07) is 0. The molecule has 2 aliphatic rings. The second-order valence-electron chi connectivity index (χ2n) is 2.63. The molecule has 0 aromatic rings. The normalized spacial score (nSPS) is 29.1. The minimum atomic E-state index is -4.33. The van der Waals surface area contributed by atoms with Crippen LogP contribution >= 0.6 is 0 Å². The van der Waals surface area contributed by atoms with E-state index in [9.17, 15) is 13.2 Å². The molecule has 0 unspecified atom stereocenters. The average molecular weight is 181 g/mol. The van der Waals surface area contributed by atoms with Crippen molar-refractivity contribution in [2.24, 2.45) is 0 Å². The molecule has 68 valence electrons. The van der Waals surface area contributed by atoms with Crippen molar-refractivity contribution < 1.29 is 22.7 Å². The zero-order valence-corrected chi connectivity index (χ0v) is 5.94. The van der Waals surface area contributed by atoms with Gasteiger partial charge in [-0.3, -0.25) is 10.3 Å². The average Bonchev–Trinajstić information content (AvgIpc) is 2.37. The van der Waals surface area contributed by atoms with E-state index in [-0.39, 0.29) is 18.8 Å². The van der Waals surface area contributed by atoms with Gasteiger partial charge in [0, 0.05) is 5.57 Å². The monoisotopic (exact) mass is 181 g/mol. The Labute approximate surface area is 66.1 Å². The van der Waals surface area contributed by atoms with Crippen molar-refractivity contribution in [2.45, 2.75) is 12.3 Å². The van der Waals surface area contributed by atoms with Gasteiger partial charge in [-0.15, -0.1) is 0 Å². The minimum Gasteiger partial charge on any atom is -0.358 e. The molecule has 0 aromatic carbocycles. The van der Waals surface area contributed by atoms with E-state index < -0.39 is 12.3 Å². The van der Waals surface area contributed by atoms with Crippen molar-refractivity contribution in [3.63, 3.8) is 0 Å². The predicted octanol–water partition coefficient (Wildman–Crippen LogP) is 0.736. The minimum absolute atomic E-state index is 0.0422. The fraction of sp³-hybridized carbons (Fsp3) is 0.667. The van der Waals surface area contributed by atoms with Crippen LogP contribution in [0.3, 0.4) is 0 Å². The molecule has 0 aromatic heterocycles. The third-order valence-corrected chi connectivity index (χ3v) is 1.82. The number of rotatable bonds is 0. The number of halogens is 3. The van der Waals surface area contributed by atoms with E-state index in [1.54, 1.807) is 0 Å². The van der Waals surface area contributed by atoms with Crippen molar-refractivity contribution in [2.75, 3.05) is 13.2 Å². The third kappa shape index (κ3) is 1.07. The van der Waals surface area contributed by atoms with E-state index in [4.69, 9.17) is 0 Å². The molecule has 0 saturated carbocycles. The van der Waals surface area contributed by atoms with E-state index in [2.05, 4.69) is 15.1 Å². The Balaban J connectivity index is 2.21. The smallest absolute Gasteiger partial charge is 0.358 e. The van der Waals surface area contributed by atoms with Gasteiger partial charge in [-0.05, 0) is 0 Å². The maximum absolute atomic E-state index is 12.2. The maximum Gasteiger partial charge on any atom is 0.418 e. The van der Waals surface area contributed by atoms with Crippen molar-refractivity contribution >= 4 is 0 Å². The molecule has 6 heteroatoms. The van der Waals surface area contributed by atoms with Gasteiger partial charge in [-0.25, -0.2) is 0 Å². The fourth-order valence-corrected chi connectivity index (χ4v) is 1.27. The molecule has 0 fully saturated rings. The summed E-state index contributed by atoms with van der Waals surface area (Å²) in [4.78, 5) is 4.63. The summed E-state index contributed by atoms with van der Waals surface area (Å²) in [6.07, 6.45) is -6.10. The largest absolute Gasteiger partial charge is 0.418 e. The molecule has 0 aliphatic carbocycles. The van der Waals surface area contributed by atoms with E-state index in [0.29, 0.717) is 5.70 Å². The van der Waals surface area contributed by atoms with Crippen LogP contribution in [-0.4, -0.2) is 25.5 Å². The summed E-state index contributed by atoms with van der Waals surface area (Å²) in [5, 5.41) is 0. The molecule has 0 bridgehead atoms. The molecule has 2 heterocycles. The van der Waals surface area contributed by atoms with Crippen molar-refractivity contribution in [3.05, 3.63) is 11.3 Å². The lowest BCUT2D eigenvalue weighted by Crippen LogP contribution is -2.31. The van der Waals surface area contributed by atoms with Gasteiger partial charge in [0.15, 0.2) is 6.10 Å². The van der Waals surface area contributed by atoms with Gasteiger partial charge >= 0.3 is 6.18 Å². The van der Waals surface area contributed by atoms with E-state index in [0.717, 1.165) is 0 Å². The van der Waals surface area contributed by atoms with Gasteiger partial charge < -0.3 is 4.74 Å². The second-order valence-corrected chi connectivity index (χ2v) is 2.63. The SMILES string of the molecule is FC(F)(F)[C@H]1OCC2=C1CON2. The highest BCUT2D eigenvalue weighted by Crippen LogP contribution is 2.35. The summed E-state index contributed by atoms with van der Waals surface area (Å²) in [5.74, 6) is 0. The molecular formula is C6H6F3NO2. The van der Waals surface area contributed by atoms with Crippen LogP contribution in [0.5, 0.6) is 0 Å². The number of hydrogen-bond acceptors (Lipinski definition) is 3. The van der Waals surface area contributed by atoms with Gasteiger partial charge in [0.05, 0.1) is 12.3 Å². The Morgan fingerprint density at radius 3 is 2.75 bits per heavy atom. The number of alkyl halides is 3. The molecule has 1 atom stereocenters. The molecule has 0 spiro atoms. The Hall–Kier alpha value is -0.750. The molecular weight excluding hydrogens is 175 g/mol. The highest BCUT2D eigenvalue weighted by molar-refractivity contribution is 5.25. The summed E-state index contributed by atoms with van der Waals surface area (Å²) in [5.41, 5.74) is 2.96. The van der Waals surface area contributed by atoms with E-state index in [1.165, 1.54) is 0 Å². The Morgan fingerprint density at radius 1 is 1.33 bits per heavy atom. The number of hydroxylamine groups is 1. The first-order valence-electron chi connectivity index (χ1n) is 3.37. The molecule has 12 heavy (non-hydrogen) atoms. The lowest BCUT2D eigenvalue weighted by atomic mass is 10.1. The molecule has 0 amide bonds. The van der Waals surface area contributed by atoms with E-state index in [1.807, 2.05) is 0 Å². The lowest BCUT2D eigenvalue weighted by Gasteiger charge is -2.16. The summed E-state index contributed by atoms with van der Waals surface area (Å²) in [7, 11) is 0. The fourth-order valence-electron chi connectivity index (χ4n) is 1.27.